The fourth-order valence-corrected chi connectivity index (χ4v) is 3.25. The third kappa shape index (κ3) is 2.30. The Morgan fingerprint density at radius 3 is 2.69 bits per heavy atom. The van der Waals surface area contributed by atoms with Gasteiger partial charge in [0.05, 0.1) is 0 Å². The third-order valence-electron chi connectivity index (χ3n) is 3.09. The van der Waals surface area contributed by atoms with Crippen molar-refractivity contribution < 1.29 is 4.21 Å². The van der Waals surface area contributed by atoms with Gasteiger partial charge in [-0.3, -0.25) is 9.11 Å². The normalized spacial score (nSPS) is 42.4. The molecule has 2 fully saturated rings. The van der Waals surface area contributed by atoms with E-state index in [1.807, 2.05) is 0 Å². The Bertz CT molecular complexity index is 204. The highest BCUT2D eigenvalue weighted by Crippen LogP contribution is 2.24. The molecule has 3 nitrogen and oxygen atoms in total. The van der Waals surface area contributed by atoms with Crippen molar-refractivity contribution in [3.8, 4) is 0 Å². The van der Waals surface area contributed by atoms with Crippen LogP contribution in [-0.4, -0.2) is 45.8 Å². The summed E-state index contributed by atoms with van der Waals surface area (Å²) in [5, 5.41) is 0. The van der Waals surface area contributed by atoms with E-state index in [1.54, 1.807) is 0 Å². The van der Waals surface area contributed by atoms with E-state index in [2.05, 4.69) is 4.90 Å². The molecule has 1 aliphatic heterocycles. The highest BCUT2D eigenvalue weighted by atomic mass is 32.2. The molecule has 0 bridgehead atoms. The van der Waals surface area contributed by atoms with E-state index in [-0.39, 0.29) is 0 Å². The van der Waals surface area contributed by atoms with Gasteiger partial charge in [0.25, 0.3) is 0 Å². The zero-order valence-electron chi connectivity index (χ0n) is 7.95. The van der Waals surface area contributed by atoms with Crippen LogP contribution in [0.5, 0.6) is 0 Å². The quantitative estimate of drug-likeness (QED) is 0.647. The standard InChI is InChI=1S/C9H18N2OS/c10-8-6-9(7-8)11-2-1-4-13(12)5-3-11/h8-9H,1-7,10H2. The molecule has 0 radical (unpaired) electrons. The summed E-state index contributed by atoms with van der Waals surface area (Å²) in [4.78, 5) is 2.48. The number of nitrogens with two attached hydrogens (primary N) is 1. The minimum absolute atomic E-state index is 0.429. The fraction of sp³-hybridized carbons (Fsp3) is 1.00. The van der Waals surface area contributed by atoms with Gasteiger partial charge in [-0.1, -0.05) is 0 Å². The van der Waals surface area contributed by atoms with Crippen molar-refractivity contribution in [1.82, 2.24) is 4.90 Å². The molecule has 2 aliphatic rings. The van der Waals surface area contributed by atoms with E-state index in [9.17, 15) is 4.21 Å². The van der Waals surface area contributed by atoms with Crippen LogP contribution in [0.4, 0.5) is 0 Å². The van der Waals surface area contributed by atoms with Crippen LogP contribution in [0.15, 0.2) is 0 Å². The number of rotatable bonds is 1. The minimum Gasteiger partial charge on any atom is -0.328 e. The van der Waals surface area contributed by atoms with Crippen LogP contribution in [0, 0.1) is 0 Å². The second-order valence-electron chi connectivity index (χ2n) is 4.12. The Balaban J connectivity index is 1.82. The van der Waals surface area contributed by atoms with Crippen LogP contribution < -0.4 is 5.73 Å². The van der Waals surface area contributed by atoms with Gasteiger partial charge in [-0.2, -0.15) is 0 Å². The summed E-state index contributed by atoms with van der Waals surface area (Å²) in [6.45, 7) is 2.15. The summed E-state index contributed by atoms with van der Waals surface area (Å²) in [7, 11) is -0.554. The molecule has 13 heavy (non-hydrogen) atoms. The van der Waals surface area contributed by atoms with Gasteiger partial charge in [-0.15, -0.1) is 0 Å². The van der Waals surface area contributed by atoms with Gasteiger partial charge in [0.2, 0.25) is 0 Å². The molecule has 1 saturated heterocycles. The molecule has 0 amide bonds. The third-order valence-corrected chi connectivity index (χ3v) is 4.47. The lowest BCUT2D eigenvalue weighted by atomic mass is 9.86. The molecule has 0 aromatic rings. The molecule has 0 aromatic heterocycles. The van der Waals surface area contributed by atoms with E-state index in [1.165, 1.54) is 0 Å². The van der Waals surface area contributed by atoms with Crippen LogP contribution in [0.3, 0.4) is 0 Å². The van der Waals surface area contributed by atoms with Crippen molar-refractivity contribution in [3.63, 3.8) is 0 Å². The molecule has 0 aromatic carbocycles. The van der Waals surface area contributed by atoms with Gasteiger partial charge in [-0.05, 0) is 25.8 Å². The van der Waals surface area contributed by atoms with E-state index < -0.39 is 10.8 Å². The highest BCUT2D eigenvalue weighted by Gasteiger charge is 2.31. The molecular weight excluding hydrogens is 184 g/mol. The maximum atomic E-state index is 11.3. The van der Waals surface area contributed by atoms with Crippen LogP contribution in [-0.2, 0) is 10.8 Å². The average molecular weight is 202 g/mol. The fourth-order valence-electron chi connectivity index (χ4n) is 2.15. The van der Waals surface area contributed by atoms with Crippen molar-refractivity contribution >= 4 is 10.8 Å². The molecule has 1 atom stereocenters. The lowest BCUT2D eigenvalue weighted by Crippen LogP contribution is -2.51. The zero-order chi connectivity index (χ0) is 9.26. The highest BCUT2D eigenvalue weighted by molar-refractivity contribution is 7.85. The summed E-state index contributed by atoms with van der Waals surface area (Å²) in [5.74, 6) is 1.76. The first-order valence-corrected chi connectivity index (χ1v) is 6.59. The summed E-state index contributed by atoms with van der Waals surface area (Å²) in [6.07, 6.45) is 3.39. The maximum Gasteiger partial charge on any atom is 0.0362 e. The molecule has 1 unspecified atom stereocenters. The van der Waals surface area contributed by atoms with Crippen LogP contribution >= 0.6 is 0 Å². The Morgan fingerprint density at radius 2 is 2.00 bits per heavy atom. The molecule has 1 heterocycles. The van der Waals surface area contributed by atoms with Gasteiger partial charge < -0.3 is 5.73 Å². The van der Waals surface area contributed by atoms with Gasteiger partial charge in [0, 0.05) is 40.9 Å². The Hall–Kier alpha value is 0.0700. The summed E-state index contributed by atoms with van der Waals surface area (Å²) in [5.41, 5.74) is 5.76. The van der Waals surface area contributed by atoms with Crippen molar-refractivity contribution in [2.75, 3.05) is 24.6 Å². The summed E-state index contributed by atoms with van der Waals surface area (Å²) >= 11 is 0. The van der Waals surface area contributed by atoms with Crippen molar-refractivity contribution in [2.24, 2.45) is 5.73 Å². The first-order valence-electron chi connectivity index (χ1n) is 5.10. The minimum atomic E-state index is -0.554. The molecule has 2 rings (SSSR count). The zero-order valence-corrected chi connectivity index (χ0v) is 8.76. The molecule has 1 aliphatic carbocycles. The molecule has 0 spiro atoms. The van der Waals surface area contributed by atoms with Gasteiger partial charge in [0.15, 0.2) is 0 Å². The largest absolute Gasteiger partial charge is 0.328 e. The predicted octanol–water partition coefficient (Wildman–Crippen LogP) is -0.0695. The van der Waals surface area contributed by atoms with Crippen molar-refractivity contribution in [1.29, 1.82) is 0 Å². The van der Waals surface area contributed by atoms with Crippen molar-refractivity contribution in [2.45, 2.75) is 31.3 Å². The van der Waals surface area contributed by atoms with E-state index in [4.69, 9.17) is 5.73 Å². The number of hydrogen-bond donors (Lipinski definition) is 1. The SMILES string of the molecule is NC1CC(N2CCCS(=O)CC2)C1. The molecule has 2 N–H and O–H groups in total. The Labute approximate surface area is 82.1 Å². The van der Waals surface area contributed by atoms with E-state index >= 15 is 0 Å². The second kappa shape index (κ2) is 4.07. The summed E-state index contributed by atoms with van der Waals surface area (Å²) in [6, 6.07) is 1.13. The monoisotopic (exact) mass is 202 g/mol. The Morgan fingerprint density at radius 1 is 1.23 bits per heavy atom. The summed E-state index contributed by atoms with van der Waals surface area (Å²) < 4.78 is 11.3. The smallest absolute Gasteiger partial charge is 0.0362 e. The second-order valence-corrected chi connectivity index (χ2v) is 5.82. The number of hydrogen-bond acceptors (Lipinski definition) is 3. The molecule has 76 valence electrons. The maximum absolute atomic E-state index is 11.3. The molecule has 1 saturated carbocycles. The average Bonchev–Trinajstić information content (AvgIpc) is 2.25. The van der Waals surface area contributed by atoms with Gasteiger partial charge in [-0.25, -0.2) is 0 Å². The Kier molecular flexibility index (Phi) is 3.01. The lowest BCUT2D eigenvalue weighted by molar-refractivity contribution is 0.119. The van der Waals surface area contributed by atoms with Crippen LogP contribution in [0.2, 0.25) is 0 Å². The van der Waals surface area contributed by atoms with Crippen LogP contribution in [0.1, 0.15) is 19.3 Å². The molecule has 4 heteroatoms. The van der Waals surface area contributed by atoms with Crippen molar-refractivity contribution in [3.05, 3.63) is 0 Å². The number of nitrogens with zero attached hydrogens (tertiary/aromatic N) is 1. The van der Waals surface area contributed by atoms with Gasteiger partial charge in [0.1, 0.15) is 0 Å². The molecular formula is C9H18N2OS. The van der Waals surface area contributed by atoms with E-state index in [0.29, 0.717) is 12.1 Å². The van der Waals surface area contributed by atoms with Crippen LogP contribution in [0.25, 0.3) is 0 Å². The van der Waals surface area contributed by atoms with Gasteiger partial charge >= 0.3 is 0 Å². The van der Waals surface area contributed by atoms with E-state index in [0.717, 1.165) is 43.9 Å². The predicted molar refractivity (Wildman–Crippen MR) is 55.1 cm³/mol. The first-order chi connectivity index (χ1) is 6.25. The first kappa shape index (κ1) is 9.62. The topological polar surface area (TPSA) is 46.3 Å². The lowest BCUT2D eigenvalue weighted by Gasteiger charge is -2.40.